The third-order valence-corrected chi connectivity index (χ3v) is 5.04. The lowest BCUT2D eigenvalue weighted by Gasteiger charge is -2.31. The number of amides is 1. The Kier molecular flexibility index (Phi) is 6.11. The molecule has 0 bridgehead atoms. The topological polar surface area (TPSA) is 32.3 Å². The lowest BCUT2D eigenvalue weighted by atomic mass is 9.95. The van der Waals surface area contributed by atoms with Crippen LogP contribution in [0.15, 0.2) is 48.5 Å². The number of carbonyl (C=O) groups is 1. The molecule has 0 aliphatic carbocycles. The van der Waals surface area contributed by atoms with E-state index in [0.29, 0.717) is 6.54 Å². The van der Waals surface area contributed by atoms with Crippen LogP contribution in [0.2, 0.25) is 5.02 Å². The van der Waals surface area contributed by atoms with Gasteiger partial charge in [0.15, 0.2) is 0 Å². The average Bonchev–Trinajstić information content (AvgIpc) is 2.60. The summed E-state index contributed by atoms with van der Waals surface area (Å²) in [6.07, 6.45) is 1.83. The predicted octanol–water partition coefficient (Wildman–Crippen LogP) is 4.18. The second-order valence-electron chi connectivity index (χ2n) is 6.89. The van der Waals surface area contributed by atoms with E-state index in [1.165, 1.54) is 11.1 Å². The Labute approximate surface area is 155 Å². The number of hydrogen-bond donors (Lipinski definition) is 1. The highest BCUT2D eigenvalue weighted by Gasteiger charge is 2.24. The summed E-state index contributed by atoms with van der Waals surface area (Å²) in [5.74, 6) is 0.310. The van der Waals surface area contributed by atoms with Gasteiger partial charge in [0.2, 0.25) is 5.91 Å². The van der Waals surface area contributed by atoms with Crippen LogP contribution in [0, 0.1) is 12.8 Å². The molecule has 4 heteroatoms. The van der Waals surface area contributed by atoms with Gasteiger partial charge in [0, 0.05) is 24.0 Å². The number of halogens is 1. The average molecular weight is 357 g/mol. The molecule has 3 nitrogen and oxygen atoms in total. The van der Waals surface area contributed by atoms with Crippen LogP contribution >= 0.6 is 11.6 Å². The fourth-order valence-electron chi connectivity index (χ4n) is 3.40. The number of benzene rings is 2. The Bertz CT molecular complexity index is 723. The van der Waals surface area contributed by atoms with Crippen molar-refractivity contribution in [1.29, 1.82) is 0 Å². The normalized spacial score (nSPS) is 15.9. The van der Waals surface area contributed by atoms with Crippen molar-refractivity contribution < 1.29 is 4.79 Å². The van der Waals surface area contributed by atoms with Gasteiger partial charge in [-0.25, -0.2) is 0 Å². The van der Waals surface area contributed by atoms with Gasteiger partial charge in [-0.15, -0.1) is 0 Å². The molecule has 3 rings (SSSR count). The zero-order chi connectivity index (χ0) is 17.6. The van der Waals surface area contributed by atoms with Crippen LogP contribution < -0.4 is 5.32 Å². The van der Waals surface area contributed by atoms with Crippen molar-refractivity contribution >= 4 is 17.5 Å². The third kappa shape index (κ3) is 5.32. The van der Waals surface area contributed by atoms with Crippen molar-refractivity contribution in [3.63, 3.8) is 0 Å². The van der Waals surface area contributed by atoms with Gasteiger partial charge in [0.1, 0.15) is 0 Å². The molecule has 1 saturated heterocycles. The minimum Gasteiger partial charge on any atom is -0.352 e. The summed E-state index contributed by atoms with van der Waals surface area (Å²) < 4.78 is 0. The van der Waals surface area contributed by atoms with E-state index in [0.717, 1.165) is 43.1 Å². The Hall–Kier alpha value is -1.84. The minimum atomic E-state index is 0.125. The minimum absolute atomic E-state index is 0.125. The maximum atomic E-state index is 12.4. The first-order chi connectivity index (χ1) is 12.1. The SMILES string of the molecule is Cc1cccc(CNC(=O)C2CCN(Cc3cccc(Cl)c3)CC2)c1. The Morgan fingerprint density at radius 2 is 1.84 bits per heavy atom. The molecule has 2 aromatic rings. The molecule has 1 heterocycles. The highest BCUT2D eigenvalue weighted by atomic mass is 35.5. The molecule has 0 atom stereocenters. The first kappa shape index (κ1) is 18.0. The second kappa shape index (κ2) is 8.50. The van der Waals surface area contributed by atoms with E-state index in [2.05, 4.69) is 41.4 Å². The number of nitrogens with one attached hydrogen (secondary N) is 1. The van der Waals surface area contributed by atoms with Crippen LogP contribution in [0.25, 0.3) is 0 Å². The maximum Gasteiger partial charge on any atom is 0.223 e. The van der Waals surface area contributed by atoms with Gasteiger partial charge in [-0.3, -0.25) is 9.69 Å². The van der Waals surface area contributed by atoms with E-state index in [1.807, 2.05) is 24.3 Å². The predicted molar refractivity (Wildman–Crippen MR) is 102 cm³/mol. The van der Waals surface area contributed by atoms with Gasteiger partial charge in [0.05, 0.1) is 0 Å². The number of nitrogens with zero attached hydrogens (tertiary/aromatic N) is 1. The molecule has 132 valence electrons. The third-order valence-electron chi connectivity index (χ3n) is 4.80. The first-order valence-electron chi connectivity index (χ1n) is 8.90. The number of aryl methyl sites for hydroxylation is 1. The summed E-state index contributed by atoms with van der Waals surface area (Å²) in [5, 5.41) is 3.87. The Morgan fingerprint density at radius 3 is 2.56 bits per heavy atom. The zero-order valence-electron chi connectivity index (χ0n) is 14.7. The number of rotatable bonds is 5. The molecule has 1 N–H and O–H groups in total. The summed E-state index contributed by atoms with van der Waals surface area (Å²) in [7, 11) is 0. The zero-order valence-corrected chi connectivity index (χ0v) is 15.4. The van der Waals surface area contributed by atoms with Crippen molar-refractivity contribution in [3.8, 4) is 0 Å². The van der Waals surface area contributed by atoms with E-state index < -0.39 is 0 Å². The van der Waals surface area contributed by atoms with Crippen LogP contribution in [0.1, 0.15) is 29.5 Å². The lowest BCUT2D eigenvalue weighted by Crippen LogP contribution is -2.40. The molecule has 0 spiro atoms. The van der Waals surface area contributed by atoms with E-state index in [1.54, 1.807) is 0 Å². The first-order valence-corrected chi connectivity index (χ1v) is 9.28. The molecule has 2 aromatic carbocycles. The van der Waals surface area contributed by atoms with Crippen LogP contribution in [0.5, 0.6) is 0 Å². The molecule has 0 radical (unpaired) electrons. The molecule has 1 fully saturated rings. The molecule has 0 saturated carbocycles. The standard InChI is InChI=1S/C21H25ClN2O/c1-16-4-2-5-17(12-16)14-23-21(25)19-8-10-24(11-9-19)15-18-6-3-7-20(22)13-18/h2-7,12-13,19H,8-11,14-15H2,1H3,(H,23,25). The summed E-state index contributed by atoms with van der Waals surface area (Å²) in [5.41, 5.74) is 3.61. The number of carbonyl (C=O) groups excluding carboxylic acids is 1. The molecule has 25 heavy (non-hydrogen) atoms. The largest absolute Gasteiger partial charge is 0.352 e. The number of likely N-dealkylation sites (tertiary alicyclic amines) is 1. The quantitative estimate of drug-likeness (QED) is 0.871. The van der Waals surface area contributed by atoms with E-state index in [-0.39, 0.29) is 11.8 Å². The maximum absolute atomic E-state index is 12.4. The number of hydrogen-bond acceptors (Lipinski definition) is 2. The van der Waals surface area contributed by atoms with Crippen LogP contribution in [-0.4, -0.2) is 23.9 Å². The molecule has 1 aliphatic rings. The second-order valence-corrected chi connectivity index (χ2v) is 7.32. The summed E-state index contributed by atoms with van der Waals surface area (Å²) in [4.78, 5) is 14.8. The van der Waals surface area contributed by atoms with Crippen molar-refractivity contribution in [1.82, 2.24) is 10.2 Å². The fourth-order valence-corrected chi connectivity index (χ4v) is 3.62. The molecule has 1 aliphatic heterocycles. The Morgan fingerprint density at radius 1 is 1.12 bits per heavy atom. The van der Waals surface area contributed by atoms with E-state index in [4.69, 9.17) is 11.6 Å². The smallest absolute Gasteiger partial charge is 0.223 e. The van der Waals surface area contributed by atoms with Crippen molar-refractivity contribution in [2.24, 2.45) is 5.92 Å². The highest BCUT2D eigenvalue weighted by Crippen LogP contribution is 2.20. The van der Waals surface area contributed by atoms with Crippen molar-refractivity contribution in [2.45, 2.75) is 32.9 Å². The molecule has 0 aromatic heterocycles. The Balaban J connectivity index is 1.44. The van der Waals surface area contributed by atoms with E-state index in [9.17, 15) is 4.79 Å². The molecular formula is C21H25ClN2O. The van der Waals surface area contributed by atoms with Gasteiger partial charge < -0.3 is 5.32 Å². The van der Waals surface area contributed by atoms with Gasteiger partial charge in [0.25, 0.3) is 0 Å². The van der Waals surface area contributed by atoms with Crippen LogP contribution in [-0.2, 0) is 17.9 Å². The van der Waals surface area contributed by atoms with Gasteiger partial charge in [-0.1, -0.05) is 53.6 Å². The van der Waals surface area contributed by atoms with Crippen molar-refractivity contribution in [2.75, 3.05) is 13.1 Å². The summed E-state index contributed by atoms with van der Waals surface area (Å²) >= 11 is 6.05. The summed E-state index contributed by atoms with van der Waals surface area (Å²) in [6.45, 7) is 5.49. The van der Waals surface area contributed by atoms with Gasteiger partial charge in [-0.2, -0.15) is 0 Å². The monoisotopic (exact) mass is 356 g/mol. The van der Waals surface area contributed by atoms with Crippen molar-refractivity contribution in [3.05, 3.63) is 70.2 Å². The molecule has 0 unspecified atom stereocenters. The molecule has 1 amide bonds. The highest BCUT2D eigenvalue weighted by molar-refractivity contribution is 6.30. The molecular weight excluding hydrogens is 332 g/mol. The van der Waals surface area contributed by atoms with Gasteiger partial charge in [-0.05, 0) is 56.1 Å². The fraction of sp³-hybridized carbons (Fsp3) is 0.381. The van der Waals surface area contributed by atoms with E-state index >= 15 is 0 Å². The summed E-state index contributed by atoms with van der Waals surface area (Å²) in [6, 6.07) is 16.3. The van der Waals surface area contributed by atoms with Crippen LogP contribution in [0.4, 0.5) is 0 Å². The lowest BCUT2D eigenvalue weighted by molar-refractivity contribution is -0.126. The van der Waals surface area contributed by atoms with Crippen LogP contribution in [0.3, 0.4) is 0 Å². The number of piperidine rings is 1. The van der Waals surface area contributed by atoms with Gasteiger partial charge >= 0.3 is 0 Å².